The number of nitrogens with two attached hydrogens (primary N) is 1. The van der Waals surface area contributed by atoms with E-state index >= 15 is 0 Å². The Kier molecular flexibility index (Phi) is 9.24. The Morgan fingerprint density at radius 3 is 2.72 bits per heavy atom. The van der Waals surface area contributed by atoms with Crippen molar-refractivity contribution in [2.24, 2.45) is 11.7 Å². The first kappa shape index (κ1) is 24.0. The number of benzene rings is 1. The van der Waals surface area contributed by atoms with E-state index < -0.39 is 0 Å². The first-order valence-electron chi connectivity index (χ1n) is 10.1. The molecule has 2 aromatic rings. The molecule has 1 aromatic carbocycles. The summed E-state index contributed by atoms with van der Waals surface area (Å²) in [5, 5.41) is 4.34. The van der Waals surface area contributed by atoms with Crippen LogP contribution in [0.25, 0.3) is 10.9 Å². The van der Waals surface area contributed by atoms with Crippen LogP contribution in [-0.4, -0.2) is 54.2 Å². The lowest BCUT2D eigenvalue weighted by Crippen LogP contribution is -2.47. The summed E-state index contributed by atoms with van der Waals surface area (Å²) in [6, 6.07) is 8.97. The molecule has 2 aliphatic rings. The largest absolute Gasteiger partial charge is 0.381 e. The standard InChI is InChI=1S/C21H30N4O2.2ClH/c22-18-4-3-17(13-25(14-18)19-6-9-27-10-7-19)21(26)24-12-15-1-2-16-5-8-23-20(16)11-15;;/h1-2,5,8,11,17-19,23H,3-4,6-7,9-10,12-14,22H2,(H,24,26);2*1H/t17-,18+;;/m1../s1. The SMILES string of the molecule is Cl.Cl.N[C@H]1CC[C@@H](C(=O)NCc2ccc3cc[nH]c3c2)CN(C2CCOCC2)C1. The van der Waals surface area contributed by atoms with Crippen LogP contribution in [0.1, 0.15) is 31.2 Å². The number of carbonyl (C=O) groups is 1. The molecule has 162 valence electrons. The van der Waals surface area contributed by atoms with Crippen molar-refractivity contribution in [2.75, 3.05) is 26.3 Å². The van der Waals surface area contributed by atoms with Crippen LogP contribution < -0.4 is 11.1 Å². The molecule has 1 aromatic heterocycles. The van der Waals surface area contributed by atoms with Gasteiger partial charge in [-0.3, -0.25) is 9.69 Å². The summed E-state index contributed by atoms with van der Waals surface area (Å²) in [4.78, 5) is 18.5. The summed E-state index contributed by atoms with van der Waals surface area (Å²) in [6.45, 7) is 3.88. The van der Waals surface area contributed by atoms with E-state index in [0.29, 0.717) is 12.6 Å². The minimum Gasteiger partial charge on any atom is -0.381 e. The Bertz CT molecular complexity index is 779. The molecule has 0 saturated carbocycles. The van der Waals surface area contributed by atoms with Crippen LogP contribution in [0.4, 0.5) is 0 Å². The average molecular weight is 443 g/mol. The van der Waals surface area contributed by atoms with Gasteiger partial charge < -0.3 is 20.8 Å². The molecule has 2 aliphatic heterocycles. The normalized spacial score (nSPS) is 23.6. The fourth-order valence-electron chi connectivity index (χ4n) is 4.36. The third-order valence-electron chi connectivity index (χ3n) is 5.97. The number of aromatic amines is 1. The zero-order chi connectivity index (χ0) is 18.6. The van der Waals surface area contributed by atoms with Gasteiger partial charge in [-0.25, -0.2) is 0 Å². The van der Waals surface area contributed by atoms with Crippen molar-refractivity contribution in [3.05, 3.63) is 36.0 Å². The minimum atomic E-state index is 0. The van der Waals surface area contributed by atoms with Crippen LogP contribution in [-0.2, 0) is 16.1 Å². The molecule has 0 aliphatic carbocycles. The van der Waals surface area contributed by atoms with E-state index in [0.717, 1.165) is 63.1 Å². The van der Waals surface area contributed by atoms with Crippen molar-refractivity contribution in [1.82, 2.24) is 15.2 Å². The Morgan fingerprint density at radius 2 is 1.93 bits per heavy atom. The van der Waals surface area contributed by atoms with Gasteiger partial charge in [-0.1, -0.05) is 12.1 Å². The van der Waals surface area contributed by atoms with Crippen molar-refractivity contribution in [1.29, 1.82) is 0 Å². The number of amides is 1. The van der Waals surface area contributed by atoms with Crippen molar-refractivity contribution >= 4 is 41.6 Å². The van der Waals surface area contributed by atoms with Gasteiger partial charge in [0.25, 0.3) is 0 Å². The molecular formula is C21H32Cl2N4O2. The summed E-state index contributed by atoms with van der Waals surface area (Å²) < 4.78 is 5.50. The third-order valence-corrected chi connectivity index (χ3v) is 5.97. The maximum atomic E-state index is 12.9. The lowest BCUT2D eigenvalue weighted by molar-refractivity contribution is -0.126. The van der Waals surface area contributed by atoms with Crippen LogP contribution in [0.15, 0.2) is 30.5 Å². The van der Waals surface area contributed by atoms with Crippen molar-refractivity contribution in [3.8, 4) is 0 Å². The van der Waals surface area contributed by atoms with Crippen LogP contribution in [0, 0.1) is 5.92 Å². The number of likely N-dealkylation sites (tertiary alicyclic amines) is 1. The zero-order valence-electron chi connectivity index (χ0n) is 16.6. The van der Waals surface area contributed by atoms with Crippen LogP contribution in [0.5, 0.6) is 0 Å². The molecule has 2 saturated heterocycles. The predicted molar refractivity (Wildman–Crippen MR) is 121 cm³/mol. The molecule has 0 unspecified atom stereocenters. The number of ether oxygens (including phenoxy) is 1. The van der Waals surface area contributed by atoms with Gasteiger partial charge in [-0.15, -0.1) is 24.8 Å². The fourth-order valence-corrected chi connectivity index (χ4v) is 4.36. The van der Waals surface area contributed by atoms with Crippen LogP contribution >= 0.6 is 24.8 Å². The first-order valence-corrected chi connectivity index (χ1v) is 10.1. The molecule has 0 spiro atoms. The summed E-state index contributed by atoms with van der Waals surface area (Å²) in [5.74, 6) is 0.156. The van der Waals surface area contributed by atoms with Gasteiger partial charge in [0.05, 0.1) is 5.92 Å². The van der Waals surface area contributed by atoms with Gasteiger partial charge in [-0.2, -0.15) is 0 Å². The van der Waals surface area contributed by atoms with Gasteiger partial charge in [0.1, 0.15) is 0 Å². The Balaban J connectivity index is 0.00000150. The number of hydrogen-bond acceptors (Lipinski definition) is 4. The number of aromatic nitrogens is 1. The lowest BCUT2D eigenvalue weighted by Gasteiger charge is -2.35. The molecule has 0 bridgehead atoms. The molecule has 3 heterocycles. The summed E-state index contributed by atoms with van der Waals surface area (Å²) in [7, 11) is 0. The van der Waals surface area contributed by atoms with Crippen LogP contribution in [0.3, 0.4) is 0 Å². The highest BCUT2D eigenvalue weighted by atomic mass is 35.5. The minimum absolute atomic E-state index is 0. The second kappa shape index (κ2) is 11.2. The number of nitrogens with zero attached hydrogens (tertiary/aromatic N) is 1. The molecule has 4 rings (SSSR count). The van der Waals surface area contributed by atoms with Gasteiger partial charge in [-0.05, 0) is 48.8 Å². The number of fused-ring (bicyclic) bond motifs is 1. The topological polar surface area (TPSA) is 83.4 Å². The summed E-state index contributed by atoms with van der Waals surface area (Å²) in [6.07, 6.45) is 5.79. The van der Waals surface area contributed by atoms with E-state index in [-0.39, 0.29) is 42.7 Å². The van der Waals surface area contributed by atoms with Crippen molar-refractivity contribution in [3.63, 3.8) is 0 Å². The predicted octanol–water partition coefficient (Wildman–Crippen LogP) is 2.85. The molecule has 29 heavy (non-hydrogen) atoms. The number of rotatable bonds is 4. The van der Waals surface area contributed by atoms with E-state index in [1.54, 1.807) is 0 Å². The van der Waals surface area contributed by atoms with Gasteiger partial charge >= 0.3 is 0 Å². The Morgan fingerprint density at radius 1 is 1.14 bits per heavy atom. The molecule has 8 heteroatoms. The smallest absolute Gasteiger partial charge is 0.224 e. The van der Waals surface area contributed by atoms with Crippen LogP contribution in [0.2, 0.25) is 0 Å². The molecule has 6 nitrogen and oxygen atoms in total. The fraction of sp³-hybridized carbons (Fsp3) is 0.571. The monoisotopic (exact) mass is 442 g/mol. The molecule has 0 radical (unpaired) electrons. The summed E-state index contributed by atoms with van der Waals surface area (Å²) in [5.41, 5.74) is 8.51. The maximum absolute atomic E-state index is 12.9. The van der Waals surface area contributed by atoms with Crippen molar-refractivity contribution < 1.29 is 9.53 Å². The highest BCUT2D eigenvalue weighted by Crippen LogP contribution is 2.23. The second-order valence-corrected chi connectivity index (χ2v) is 7.95. The third kappa shape index (κ3) is 6.09. The second-order valence-electron chi connectivity index (χ2n) is 7.95. The van der Waals surface area contributed by atoms with Gasteiger partial charge in [0.15, 0.2) is 0 Å². The Hall–Kier alpha value is -1.31. The molecular weight excluding hydrogens is 411 g/mol. The molecule has 2 atom stereocenters. The summed E-state index contributed by atoms with van der Waals surface area (Å²) >= 11 is 0. The average Bonchev–Trinajstić information content (AvgIpc) is 3.07. The van der Waals surface area contributed by atoms with Gasteiger partial charge in [0, 0.05) is 56.6 Å². The molecule has 2 fully saturated rings. The van der Waals surface area contributed by atoms with Crippen molar-refractivity contribution in [2.45, 2.75) is 44.3 Å². The quantitative estimate of drug-likeness (QED) is 0.679. The number of carbonyl (C=O) groups excluding carboxylic acids is 1. The lowest BCUT2D eigenvalue weighted by atomic mass is 10.00. The zero-order valence-corrected chi connectivity index (χ0v) is 18.3. The maximum Gasteiger partial charge on any atom is 0.224 e. The Labute approximate surface area is 184 Å². The van der Waals surface area contributed by atoms with E-state index in [4.69, 9.17) is 10.5 Å². The molecule has 1 amide bonds. The number of H-pyrrole nitrogens is 1. The van der Waals surface area contributed by atoms with E-state index in [9.17, 15) is 4.79 Å². The van der Waals surface area contributed by atoms with Gasteiger partial charge in [0.2, 0.25) is 5.91 Å². The van der Waals surface area contributed by atoms with E-state index in [1.165, 1.54) is 5.39 Å². The number of halogens is 2. The van der Waals surface area contributed by atoms with E-state index in [2.05, 4.69) is 39.5 Å². The highest BCUT2D eigenvalue weighted by Gasteiger charge is 2.31. The molecule has 4 N–H and O–H groups in total. The highest BCUT2D eigenvalue weighted by molar-refractivity contribution is 5.85. The first-order chi connectivity index (χ1) is 13.2. The van der Waals surface area contributed by atoms with E-state index in [1.807, 2.05) is 6.20 Å². The number of nitrogens with one attached hydrogen (secondary N) is 2. The number of hydrogen-bond donors (Lipinski definition) is 3.